The van der Waals surface area contributed by atoms with Crippen LogP contribution in [0.4, 0.5) is 11.4 Å². The number of rotatable bonds is 0. The smallest absolute Gasteiger partial charge is 0.0762 e. The van der Waals surface area contributed by atoms with E-state index in [2.05, 4.69) is 15.6 Å². The van der Waals surface area contributed by atoms with Crippen LogP contribution in [0.1, 0.15) is 19.3 Å². The first-order chi connectivity index (χ1) is 6.38. The fourth-order valence-corrected chi connectivity index (χ4v) is 1.95. The molecule has 0 aromatic carbocycles. The predicted octanol–water partition coefficient (Wildman–Crippen LogP) is 1.84. The van der Waals surface area contributed by atoms with Crippen molar-refractivity contribution in [2.24, 2.45) is 0 Å². The maximum atomic E-state index is 4.11. The Morgan fingerprint density at radius 1 is 1.23 bits per heavy atom. The lowest BCUT2D eigenvalue weighted by molar-refractivity contribution is 0.687. The molecule has 1 spiro atoms. The van der Waals surface area contributed by atoms with Crippen molar-refractivity contribution in [2.75, 3.05) is 17.2 Å². The molecule has 0 saturated heterocycles. The van der Waals surface area contributed by atoms with Gasteiger partial charge in [-0.15, -0.1) is 0 Å². The standard InChI is InChI=1S/C10H13N3/c1-5-11-7-9-8(1)13-10(2-3-10)4-6-12-9/h1,5,7,12-13H,2-4,6H2. The second kappa shape index (κ2) is 2.37. The lowest BCUT2D eigenvalue weighted by Gasteiger charge is -2.14. The van der Waals surface area contributed by atoms with E-state index in [1.165, 1.54) is 24.9 Å². The molecule has 1 aliphatic carbocycles. The molecule has 0 amide bonds. The van der Waals surface area contributed by atoms with Crippen molar-refractivity contribution in [1.29, 1.82) is 0 Å². The molecule has 3 rings (SSSR count). The molecule has 3 heteroatoms. The summed E-state index contributed by atoms with van der Waals surface area (Å²) in [7, 11) is 0. The minimum absolute atomic E-state index is 0.416. The van der Waals surface area contributed by atoms with Crippen LogP contribution in [0.5, 0.6) is 0 Å². The van der Waals surface area contributed by atoms with Crippen LogP contribution in [0, 0.1) is 0 Å². The van der Waals surface area contributed by atoms with Crippen LogP contribution in [0.25, 0.3) is 0 Å². The van der Waals surface area contributed by atoms with Gasteiger partial charge in [0.05, 0.1) is 17.6 Å². The summed E-state index contributed by atoms with van der Waals surface area (Å²) in [4.78, 5) is 4.11. The molecule has 1 fully saturated rings. The average Bonchev–Trinajstić information content (AvgIpc) is 2.92. The third kappa shape index (κ3) is 1.15. The van der Waals surface area contributed by atoms with Crippen LogP contribution in [-0.4, -0.2) is 17.1 Å². The van der Waals surface area contributed by atoms with Crippen LogP contribution in [0.2, 0.25) is 0 Å². The summed E-state index contributed by atoms with van der Waals surface area (Å²) in [6, 6.07) is 2.05. The SMILES string of the molecule is c1cc2c(cn1)NCCC1(CC1)N2. The Balaban J connectivity index is 1.99. The number of nitrogens with one attached hydrogen (secondary N) is 2. The highest BCUT2D eigenvalue weighted by molar-refractivity contribution is 5.69. The lowest BCUT2D eigenvalue weighted by Crippen LogP contribution is -2.20. The molecule has 0 bridgehead atoms. The van der Waals surface area contributed by atoms with Crippen molar-refractivity contribution in [3.05, 3.63) is 18.5 Å². The fraction of sp³-hybridized carbons (Fsp3) is 0.500. The number of aromatic nitrogens is 1. The summed E-state index contributed by atoms with van der Waals surface area (Å²) in [6.45, 7) is 1.06. The summed E-state index contributed by atoms with van der Waals surface area (Å²) in [6.07, 6.45) is 7.59. The number of nitrogens with zero attached hydrogens (tertiary/aromatic N) is 1. The van der Waals surface area contributed by atoms with E-state index < -0.39 is 0 Å². The number of hydrogen-bond donors (Lipinski definition) is 2. The molecule has 1 saturated carbocycles. The van der Waals surface area contributed by atoms with Gasteiger partial charge < -0.3 is 10.6 Å². The van der Waals surface area contributed by atoms with E-state index in [-0.39, 0.29) is 0 Å². The molecule has 2 aliphatic rings. The van der Waals surface area contributed by atoms with Crippen molar-refractivity contribution < 1.29 is 0 Å². The first-order valence-corrected chi connectivity index (χ1v) is 4.84. The fourth-order valence-electron chi connectivity index (χ4n) is 1.95. The quantitative estimate of drug-likeness (QED) is 0.631. The van der Waals surface area contributed by atoms with E-state index in [1.807, 2.05) is 18.5 Å². The molecule has 0 atom stereocenters. The molecule has 2 heterocycles. The molecule has 3 nitrogen and oxygen atoms in total. The molecule has 13 heavy (non-hydrogen) atoms. The number of pyridine rings is 1. The van der Waals surface area contributed by atoms with Crippen LogP contribution in [0.3, 0.4) is 0 Å². The van der Waals surface area contributed by atoms with E-state index in [0.717, 1.165) is 12.2 Å². The summed E-state index contributed by atoms with van der Waals surface area (Å²) < 4.78 is 0. The Labute approximate surface area is 77.6 Å². The van der Waals surface area contributed by atoms with Gasteiger partial charge in [0.25, 0.3) is 0 Å². The highest BCUT2D eigenvalue weighted by atomic mass is 15.1. The molecular weight excluding hydrogens is 162 g/mol. The summed E-state index contributed by atoms with van der Waals surface area (Å²) in [5.41, 5.74) is 2.77. The Morgan fingerprint density at radius 3 is 3.00 bits per heavy atom. The summed E-state index contributed by atoms with van der Waals surface area (Å²) in [5.74, 6) is 0. The third-order valence-electron chi connectivity index (χ3n) is 2.99. The van der Waals surface area contributed by atoms with E-state index in [0.29, 0.717) is 5.54 Å². The summed E-state index contributed by atoms with van der Waals surface area (Å²) in [5, 5.41) is 7.00. The molecule has 1 aromatic rings. The van der Waals surface area contributed by atoms with Gasteiger partial charge in [-0.2, -0.15) is 0 Å². The minimum Gasteiger partial charge on any atom is -0.382 e. The minimum atomic E-state index is 0.416. The molecule has 1 aromatic heterocycles. The topological polar surface area (TPSA) is 37.0 Å². The number of hydrogen-bond acceptors (Lipinski definition) is 3. The first kappa shape index (κ1) is 7.18. The normalized spacial score (nSPS) is 22.5. The predicted molar refractivity (Wildman–Crippen MR) is 52.9 cm³/mol. The van der Waals surface area contributed by atoms with Crippen LogP contribution in [0.15, 0.2) is 18.5 Å². The average molecular weight is 175 g/mol. The van der Waals surface area contributed by atoms with E-state index in [9.17, 15) is 0 Å². The van der Waals surface area contributed by atoms with Crippen molar-refractivity contribution in [1.82, 2.24) is 4.98 Å². The maximum absolute atomic E-state index is 4.11. The van der Waals surface area contributed by atoms with Gasteiger partial charge in [-0.25, -0.2) is 0 Å². The molecule has 68 valence electrons. The zero-order valence-corrected chi connectivity index (χ0v) is 7.51. The van der Waals surface area contributed by atoms with Gasteiger partial charge >= 0.3 is 0 Å². The second-order valence-corrected chi connectivity index (χ2v) is 4.00. The van der Waals surface area contributed by atoms with Gasteiger partial charge in [-0.05, 0) is 25.3 Å². The maximum Gasteiger partial charge on any atom is 0.0762 e. The Bertz CT molecular complexity index is 331. The highest BCUT2D eigenvalue weighted by Gasteiger charge is 2.43. The van der Waals surface area contributed by atoms with Crippen LogP contribution in [-0.2, 0) is 0 Å². The lowest BCUT2D eigenvalue weighted by atomic mass is 10.2. The van der Waals surface area contributed by atoms with Crippen molar-refractivity contribution in [3.8, 4) is 0 Å². The van der Waals surface area contributed by atoms with Gasteiger partial charge in [-0.3, -0.25) is 4.98 Å². The van der Waals surface area contributed by atoms with E-state index in [1.54, 1.807) is 0 Å². The van der Waals surface area contributed by atoms with Gasteiger partial charge in [0.15, 0.2) is 0 Å². The van der Waals surface area contributed by atoms with Crippen molar-refractivity contribution in [3.63, 3.8) is 0 Å². The van der Waals surface area contributed by atoms with E-state index >= 15 is 0 Å². The zero-order valence-electron chi connectivity index (χ0n) is 7.51. The summed E-state index contributed by atoms with van der Waals surface area (Å²) >= 11 is 0. The Hall–Kier alpha value is -1.25. The van der Waals surface area contributed by atoms with Crippen LogP contribution < -0.4 is 10.6 Å². The largest absolute Gasteiger partial charge is 0.382 e. The second-order valence-electron chi connectivity index (χ2n) is 4.00. The number of anilines is 2. The van der Waals surface area contributed by atoms with E-state index in [4.69, 9.17) is 0 Å². The van der Waals surface area contributed by atoms with Crippen molar-refractivity contribution >= 4 is 11.4 Å². The Morgan fingerprint density at radius 2 is 2.15 bits per heavy atom. The monoisotopic (exact) mass is 175 g/mol. The molecule has 0 radical (unpaired) electrons. The first-order valence-electron chi connectivity index (χ1n) is 4.84. The number of fused-ring (bicyclic) bond motifs is 1. The van der Waals surface area contributed by atoms with Gasteiger partial charge in [0.1, 0.15) is 0 Å². The molecule has 2 N–H and O–H groups in total. The van der Waals surface area contributed by atoms with Crippen LogP contribution >= 0.6 is 0 Å². The van der Waals surface area contributed by atoms with Gasteiger partial charge in [0.2, 0.25) is 0 Å². The molecule has 1 aliphatic heterocycles. The molecule has 0 unspecified atom stereocenters. The molecular formula is C10H13N3. The van der Waals surface area contributed by atoms with Gasteiger partial charge in [0, 0.05) is 18.3 Å². The van der Waals surface area contributed by atoms with Gasteiger partial charge in [-0.1, -0.05) is 0 Å². The van der Waals surface area contributed by atoms with Crippen molar-refractivity contribution in [2.45, 2.75) is 24.8 Å². The zero-order chi connectivity index (χ0) is 8.73. The third-order valence-corrected chi connectivity index (χ3v) is 2.99. The Kier molecular flexibility index (Phi) is 1.31. The highest BCUT2D eigenvalue weighted by Crippen LogP contribution is 2.44.